The van der Waals surface area contributed by atoms with Crippen molar-refractivity contribution in [2.75, 3.05) is 13.2 Å². The summed E-state index contributed by atoms with van der Waals surface area (Å²) in [7, 11) is 0. The number of hydrogen-bond acceptors (Lipinski definition) is 2. The molecule has 1 unspecified atom stereocenters. The zero-order chi connectivity index (χ0) is 7.03. The maximum Gasteiger partial charge on any atom is 0.0527 e. The summed E-state index contributed by atoms with van der Waals surface area (Å²) in [6, 6.07) is 0. The van der Waals surface area contributed by atoms with E-state index in [1.165, 1.54) is 12.8 Å². The molecule has 1 N–H and O–H groups in total. The molecule has 2 heteroatoms. The molecular formula is C8H13NO. The summed E-state index contributed by atoms with van der Waals surface area (Å²) in [5.41, 5.74) is 1.35. The van der Waals surface area contributed by atoms with E-state index in [9.17, 15) is 0 Å². The highest BCUT2D eigenvalue weighted by Gasteiger charge is 2.39. The average molecular weight is 139 g/mol. The summed E-state index contributed by atoms with van der Waals surface area (Å²) < 4.78 is 5.33. The first-order chi connectivity index (χ1) is 4.81. The van der Waals surface area contributed by atoms with E-state index in [0.29, 0.717) is 5.41 Å². The minimum absolute atomic E-state index is 0.414. The van der Waals surface area contributed by atoms with Gasteiger partial charge in [-0.1, -0.05) is 0 Å². The fraction of sp³-hybridized carbons (Fsp3) is 0.875. The van der Waals surface area contributed by atoms with E-state index in [2.05, 4.69) is 0 Å². The van der Waals surface area contributed by atoms with Gasteiger partial charge in [0.2, 0.25) is 0 Å². The highest BCUT2D eigenvalue weighted by Crippen LogP contribution is 2.42. The number of hydrogen-bond donors (Lipinski definition) is 1. The van der Waals surface area contributed by atoms with Crippen LogP contribution in [0.1, 0.15) is 25.7 Å². The molecule has 0 aromatic heterocycles. The van der Waals surface area contributed by atoms with Gasteiger partial charge in [0.15, 0.2) is 0 Å². The van der Waals surface area contributed by atoms with Gasteiger partial charge in [0, 0.05) is 17.7 Å². The fourth-order valence-corrected chi connectivity index (χ4v) is 2.03. The van der Waals surface area contributed by atoms with Crippen LogP contribution < -0.4 is 0 Å². The molecule has 0 amide bonds. The average Bonchev–Trinajstić information content (AvgIpc) is 2.46. The summed E-state index contributed by atoms with van der Waals surface area (Å²) in [6.45, 7) is 1.84. The van der Waals surface area contributed by atoms with E-state index in [-0.39, 0.29) is 0 Å². The van der Waals surface area contributed by atoms with Gasteiger partial charge in [-0.15, -0.1) is 0 Å². The number of nitrogens with one attached hydrogen (secondary N) is 1. The molecule has 1 atom stereocenters. The Labute approximate surface area is 61.1 Å². The van der Waals surface area contributed by atoms with Gasteiger partial charge in [0.1, 0.15) is 0 Å². The van der Waals surface area contributed by atoms with Crippen molar-refractivity contribution in [2.24, 2.45) is 5.41 Å². The molecule has 2 fully saturated rings. The molecule has 0 bridgehead atoms. The monoisotopic (exact) mass is 139 g/mol. The van der Waals surface area contributed by atoms with Crippen molar-refractivity contribution in [3.63, 3.8) is 0 Å². The minimum Gasteiger partial charge on any atom is -0.381 e. The molecule has 10 heavy (non-hydrogen) atoms. The van der Waals surface area contributed by atoms with Gasteiger partial charge < -0.3 is 10.1 Å². The van der Waals surface area contributed by atoms with Crippen LogP contribution in [-0.4, -0.2) is 18.9 Å². The van der Waals surface area contributed by atoms with Gasteiger partial charge in [0.05, 0.1) is 6.61 Å². The lowest BCUT2D eigenvalue weighted by molar-refractivity contribution is 0.156. The molecule has 2 aliphatic rings. The van der Waals surface area contributed by atoms with Crippen LogP contribution in [0.5, 0.6) is 0 Å². The second-order valence-corrected chi connectivity index (χ2v) is 3.58. The lowest BCUT2D eigenvalue weighted by atomic mass is 9.86. The first-order valence-corrected chi connectivity index (χ1v) is 3.95. The largest absolute Gasteiger partial charge is 0.381 e. The van der Waals surface area contributed by atoms with Gasteiger partial charge in [-0.3, -0.25) is 0 Å². The van der Waals surface area contributed by atoms with E-state index >= 15 is 0 Å². The molecule has 1 aliphatic carbocycles. The van der Waals surface area contributed by atoms with Crippen LogP contribution in [-0.2, 0) is 4.74 Å². The third kappa shape index (κ3) is 0.870. The fourth-order valence-electron chi connectivity index (χ4n) is 2.03. The maximum atomic E-state index is 7.48. The van der Waals surface area contributed by atoms with E-state index in [4.69, 9.17) is 10.1 Å². The van der Waals surface area contributed by atoms with Crippen LogP contribution in [0.25, 0.3) is 0 Å². The predicted octanol–water partition coefficient (Wildman–Crippen LogP) is 1.60. The lowest BCUT2D eigenvalue weighted by Gasteiger charge is -2.17. The Morgan fingerprint density at radius 2 is 2.30 bits per heavy atom. The summed E-state index contributed by atoms with van der Waals surface area (Å²) in [4.78, 5) is 0. The molecule has 2 nitrogen and oxygen atoms in total. The van der Waals surface area contributed by atoms with Crippen LogP contribution in [0.2, 0.25) is 0 Å². The molecule has 1 heterocycles. The predicted molar refractivity (Wildman–Crippen MR) is 39.4 cm³/mol. The Hall–Kier alpha value is -0.370. The molecule has 0 aromatic rings. The summed E-state index contributed by atoms with van der Waals surface area (Å²) >= 11 is 0. The van der Waals surface area contributed by atoms with Crippen molar-refractivity contribution in [3.05, 3.63) is 0 Å². The zero-order valence-corrected chi connectivity index (χ0v) is 6.15. The van der Waals surface area contributed by atoms with Gasteiger partial charge in [-0.05, 0) is 25.7 Å². The lowest BCUT2D eigenvalue weighted by Crippen LogP contribution is -2.16. The summed E-state index contributed by atoms with van der Waals surface area (Å²) in [6.07, 6.45) is 4.41. The molecule has 1 saturated carbocycles. The van der Waals surface area contributed by atoms with Crippen LogP contribution in [0.3, 0.4) is 0 Å². The van der Waals surface area contributed by atoms with Crippen LogP contribution in [0, 0.1) is 10.8 Å². The highest BCUT2D eigenvalue weighted by molar-refractivity contribution is 5.84. The third-order valence-electron chi connectivity index (χ3n) is 2.73. The van der Waals surface area contributed by atoms with Crippen molar-refractivity contribution < 1.29 is 4.74 Å². The van der Waals surface area contributed by atoms with Crippen molar-refractivity contribution in [2.45, 2.75) is 25.7 Å². The van der Waals surface area contributed by atoms with Gasteiger partial charge in [-0.25, -0.2) is 0 Å². The van der Waals surface area contributed by atoms with E-state index < -0.39 is 0 Å². The standard InChI is InChI=1S/C8H13NO/c9-7-1-2-8(5-7)3-4-10-6-8/h9H,1-6H2. The maximum absolute atomic E-state index is 7.48. The Kier molecular flexibility index (Phi) is 1.31. The van der Waals surface area contributed by atoms with Gasteiger partial charge >= 0.3 is 0 Å². The van der Waals surface area contributed by atoms with Crippen LogP contribution >= 0.6 is 0 Å². The Bertz CT molecular complexity index is 159. The van der Waals surface area contributed by atoms with Crippen LogP contribution in [0.4, 0.5) is 0 Å². The van der Waals surface area contributed by atoms with Crippen molar-refractivity contribution >= 4 is 5.71 Å². The van der Waals surface area contributed by atoms with Gasteiger partial charge in [0.25, 0.3) is 0 Å². The van der Waals surface area contributed by atoms with E-state index in [1.54, 1.807) is 0 Å². The molecule has 1 spiro atoms. The Morgan fingerprint density at radius 1 is 1.40 bits per heavy atom. The Balaban J connectivity index is 2.09. The molecule has 56 valence electrons. The molecule has 1 saturated heterocycles. The van der Waals surface area contributed by atoms with E-state index in [0.717, 1.165) is 31.8 Å². The van der Waals surface area contributed by atoms with Crippen LogP contribution in [0.15, 0.2) is 0 Å². The topological polar surface area (TPSA) is 33.1 Å². The Morgan fingerprint density at radius 3 is 2.80 bits per heavy atom. The van der Waals surface area contributed by atoms with E-state index in [1.807, 2.05) is 0 Å². The highest BCUT2D eigenvalue weighted by atomic mass is 16.5. The quantitative estimate of drug-likeness (QED) is 0.543. The molecular weight excluding hydrogens is 126 g/mol. The normalized spacial score (nSPS) is 39.8. The molecule has 0 radical (unpaired) electrons. The van der Waals surface area contributed by atoms with Crippen molar-refractivity contribution in [1.82, 2.24) is 0 Å². The van der Waals surface area contributed by atoms with Crippen molar-refractivity contribution in [3.8, 4) is 0 Å². The zero-order valence-electron chi connectivity index (χ0n) is 6.15. The van der Waals surface area contributed by atoms with Crippen molar-refractivity contribution in [1.29, 1.82) is 5.41 Å². The molecule has 2 rings (SSSR count). The second kappa shape index (κ2) is 2.06. The van der Waals surface area contributed by atoms with Gasteiger partial charge in [-0.2, -0.15) is 0 Å². The first kappa shape index (κ1) is 6.35. The smallest absolute Gasteiger partial charge is 0.0527 e. The number of ether oxygens (including phenoxy) is 1. The summed E-state index contributed by atoms with van der Waals surface area (Å²) in [5, 5.41) is 7.48. The molecule has 1 aliphatic heterocycles. The first-order valence-electron chi connectivity index (χ1n) is 3.95. The number of rotatable bonds is 0. The summed E-state index contributed by atoms with van der Waals surface area (Å²) in [5.74, 6) is 0. The second-order valence-electron chi connectivity index (χ2n) is 3.58. The SMILES string of the molecule is N=C1CCC2(CCOC2)C1. The molecule has 0 aromatic carbocycles. The third-order valence-corrected chi connectivity index (χ3v) is 2.73. The minimum atomic E-state index is 0.414.